The van der Waals surface area contributed by atoms with Crippen molar-refractivity contribution in [2.45, 2.75) is 31.9 Å². The van der Waals surface area contributed by atoms with Gasteiger partial charge < -0.3 is 10.0 Å². The Kier molecular flexibility index (Phi) is 2.97. The minimum absolute atomic E-state index is 0.135. The number of β-amino-alcohol motifs (C(OH)–C–C–N with tert-alkyl or cyclic N) is 1. The summed E-state index contributed by atoms with van der Waals surface area (Å²) in [4.78, 5) is 13.4. The summed E-state index contributed by atoms with van der Waals surface area (Å²) in [6.45, 7) is 2.81. The first kappa shape index (κ1) is 11.1. The summed E-state index contributed by atoms with van der Waals surface area (Å²) >= 11 is 0. The molecule has 3 heteroatoms. The van der Waals surface area contributed by atoms with E-state index in [2.05, 4.69) is 0 Å². The van der Waals surface area contributed by atoms with Gasteiger partial charge in [0.2, 0.25) is 5.91 Å². The number of hydrogen-bond acceptors (Lipinski definition) is 2. The van der Waals surface area contributed by atoms with Crippen LogP contribution in [0.15, 0.2) is 30.3 Å². The smallest absolute Gasteiger partial charge is 0.223 e. The first-order valence-corrected chi connectivity index (χ1v) is 5.61. The highest BCUT2D eigenvalue weighted by molar-refractivity contribution is 5.77. The molecule has 1 amide bonds. The van der Waals surface area contributed by atoms with Gasteiger partial charge in [0, 0.05) is 19.5 Å². The molecule has 1 heterocycles. The molecule has 1 atom stereocenters. The van der Waals surface area contributed by atoms with Gasteiger partial charge in [-0.2, -0.15) is 0 Å². The van der Waals surface area contributed by atoms with E-state index in [9.17, 15) is 9.90 Å². The zero-order valence-corrected chi connectivity index (χ0v) is 9.52. The number of hydrogen-bond donors (Lipinski definition) is 1. The third kappa shape index (κ3) is 2.61. The first-order chi connectivity index (χ1) is 7.57. The van der Waals surface area contributed by atoms with Gasteiger partial charge in [0.05, 0.1) is 5.60 Å². The predicted octanol–water partition coefficient (Wildman–Crippen LogP) is 1.56. The van der Waals surface area contributed by atoms with Crippen LogP contribution in [0.5, 0.6) is 0 Å². The molecule has 0 aromatic heterocycles. The van der Waals surface area contributed by atoms with E-state index >= 15 is 0 Å². The Morgan fingerprint density at radius 1 is 1.38 bits per heavy atom. The van der Waals surface area contributed by atoms with Gasteiger partial charge in [0.15, 0.2) is 0 Å². The highest BCUT2D eigenvalue weighted by Crippen LogP contribution is 2.22. The average molecular weight is 219 g/mol. The van der Waals surface area contributed by atoms with Crippen LogP contribution in [0.1, 0.15) is 25.3 Å². The lowest BCUT2D eigenvalue weighted by atomic mass is 9.94. The largest absolute Gasteiger partial charge is 0.388 e. The fraction of sp³-hybridized carbons (Fsp3) is 0.462. The van der Waals surface area contributed by atoms with Crippen LogP contribution in [-0.4, -0.2) is 28.1 Å². The van der Waals surface area contributed by atoms with Crippen molar-refractivity contribution in [3.05, 3.63) is 35.9 Å². The van der Waals surface area contributed by atoms with Crippen LogP contribution in [0.4, 0.5) is 0 Å². The van der Waals surface area contributed by atoms with Gasteiger partial charge in [-0.25, -0.2) is 0 Å². The van der Waals surface area contributed by atoms with Gasteiger partial charge in [-0.3, -0.25) is 4.79 Å². The van der Waals surface area contributed by atoms with Crippen molar-refractivity contribution < 1.29 is 9.90 Å². The standard InChI is InChI=1S/C13H17NO2/c1-13(16)8-7-12(15)14(10-13)9-11-5-3-2-4-6-11/h2-6,16H,7-10H2,1H3/t13-/m0/s1. The number of nitrogens with zero attached hydrogens (tertiary/aromatic N) is 1. The maximum atomic E-state index is 11.7. The Morgan fingerprint density at radius 3 is 2.75 bits per heavy atom. The second-order valence-corrected chi connectivity index (χ2v) is 4.73. The molecular weight excluding hydrogens is 202 g/mol. The van der Waals surface area contributed by atoms with Gasteiger partial charge in [-0.15, -0.1) is 0 Å². The molecule has 86 valence electrons. The molecule has 0 radical (unpaired) electrons. The van der Waals surface area contributed by atoms with Crippen molar-refractivity contribution in [3.63, 3.8) is 0 Å². The number of aliphatic hydroxyl groups is 1. The Balaban J connectivity index is 2.06. The van der Waals surface area contributed by atoms with Crippen LogP contribution in [0.25, 0.3) is 0 Å². The van der Waals surface area contributed by atoms with E-state index in [1.165, 1.54) is 0 Å². The summed E-state index contributed by atoms with van der Waals surface area (Å²) in [6, 6.07) is 9.87. The lowest BCUT2D eigenvalue weighted by molar-refractivity contribution is -0.142. The van der Waals surface area contributed by atoms with Crippen molar-refractivity contribution in [1.29, 1.82) is 0 Å². The van der Waals surface area contributed by atoms with Crippen molar-refractivity contribution >= 4 is 5.91 Å². The molecule has 1 aromatic carbocycles. The van der Waals surface area contributed by atoms with E-state index in [4.69, 9.17) is 0 Å². The van der Waals surface area contributed by atoms with E-state index in [1.54, 1.807) is 11.8 Å². The van der Waals surface area contributed by atoms with Crippen molar-refractivity contribution in [3.8, 4) is 0 Å². The molecule has 1 fully saturated rings. The van der Waals surface area contributed by atoms with Crippen LogP contribution in [-0.2, 0) is 11.3 Å². The van der Waals surface area contributed by atoms with Gasteiger partial charge in [-0.05, 0) is 18.9 Å². The zero-order chi connectivity index (χ0) is 11.6. The maximum absolute atomic E-state index is 11.7. The lowest BCUT2D eigenvalue weighted by Gasteiger charge is -2.36. The maximum Gasteiger partial charge on any atom is 0.223 e. The number of carbonyl (C=O) groups excluding carboxylic acids is 1. The number of amides is 1. The van der Waals surface area contributed by atoms with E-state index in [0.717, 1.165) is 5.56 Å². The molecule has 2 rings (SSSR count). The molecule has 1 aliphatic rings. The minimum atomic E-state index is -0.733. The second kappa shape index (κ2) is 4.26. The first-order valence-electron chi connectivity index (χ1n) is 5.61. The highest BCUT2D eigenvalue weighted by atomic mass is 16.3. The lowest BCUT2D eigenvalue weighted by Crippen LogP contribution is -2.48. The zero-order valence-electron chi connectivity index (χ0n) is 9.52. The Labute approximate surface area is 95.7 Å². The SMILES string of the molecule is C[C@]1(O)CCC(=O)N(Cc2ccccc2)C1. The van der Waals surface area contributed by atoms with Crippen molar-refractivity contribution in [2.24, 2.45) is 0 Å². The van der Waals surface area contributed by atoms with Crippen LogP contribution < -0.4 is 0 Å². The summed E-state index contributed by atoms with van der Waals surface area (Å²) in [5, 5.41) is 9.95. The predicted molar refractivity (Wildman–Crippen MR) is 61.7 cm³/mol. The quantitative estimate of drug-likeness (QED) is 0.820. The summed E-state index contributed by atoms with van der Waals surface area (Å²) in [5.41, 5.74) is 0.372. The second-order valence-electron chi connectivity index (χ2n) is 4.73. The molecule has 1 aliphatic heterocycles. The van der Waals surface area contributed by atoms with Gasteiger partial charge in [-0.1, -0.05) is 30.3 Å². The fourth-order valence-corrected chi connectivity index (χ4v) is 2.06. The summed E-state index contributed by atoms with van der Waals surface area (Å²) in [5.74, 6) is 0.135. The summed E-state index contributed by atoms with van der Waals surface area (Å²) < 4.78 is 0. The van der Waals surface area contributed by atoms with Crippen LogP contribution in [0.3, 0.4) is 0 Å². The van der Waals surface area contributed by atoms with Crippen LogP contribution in [0.2, 0.25) is 0 Å². The highest BCUT2D eigenvalue weighted by Gasteiger charge is 2.32. The third-order valence-electron chi connectivity index (χ3n) is 2.98. The van der Waals surface area contributed by atoms with E-state index < -0.39 is 5.60 Å². The number of carbonyl (C=O) groups is 1. The number of rotatable bonds is 2. The molecule has 0 bridgehead atoms. The molecule has 1 N–H and O–H groups in total. The van der Waals surface area contributed by atoms with E-state index in [0.29, 0.717) is 25.9 Å². The molecule has 0 saturated carbocycles. The molecule has 0 spiro atoms. The van der Waals surface area contributed by atoms with E-state index in [1.807, 2.05) is 30.3 Å². The fourth-order valence-electron chi connectivity index (χ4n) is 2.06. The number of likely N-dealkylation sites (tertiary alicyclic amines) is 1. The van der Waals surface area contributed by atoms with Gasteiger partial charge >= 0.3 is 0 Å². The molecule has 1 saturated heterocycles. The number of benzene rings is 1. The van der Waals surface area contributed by atoms with Crippen LogP contribution in [0, 0.1) is 0 Å². The molecule has 0 aliphatic carbocycles. The van der Waals surface area contributed by atoms with Crippen molar-refractivity contribution in [2.75, 3.05) is 6.54 Å². The topological polar surface area (TPSA) is 40.5 Å². The van der Waals surface area contributed by atoms with E-state index in [-0.39, 0.29) is 5.91 Å². The molecule has 16 heavy (non-hydrogen) atoms. The van der Waals surface area contributed by atoms with Crippen molar-refractivity contribution in [1.82, 2.24) is 4.90 Å². The molecule has 0 unspecified atom stereocenters. The van der Waals surface area contributed by atoms with Crippen LogP contribution >= 0.6 is 0 Å². The Morgan fingerprint density at radius 2 is 2.06 bits per heavy atom. The average Bonchev–Trinajstić information content (AvgIpc) is 2.25. The van der Waals surface area contributed by atoms with Gasteiger partial charge in [0.1, 0.15) is 0 Å². The summed E-state index contributed by atoms with van der Waals surface area (Å²) in [6.07, 6.45) is 1.01. The molecule has 3 nitrogen and oxygen atoms in total. The summed E-state index contributed by atoms with van der Waals surface area (Å²) in [7, 11) is 0. The third-order valence-corrected chi connectivity index (χ3v) is 2.98. The van der Waals surface area contributed by atoms with Gasteiger partial charge in [0.25, 0.3) is 0 Å². The normalized spacial score (nSPS) is 25.9. The number of piperidine rings is 1. The Bertz CT molecular complexity index is 373. The Hall–Kier alpha value is -1.35. The molecule has 1 aromatic rings. The monoisotopic (exact) mass is 219 g/mol. The minimum Gasteiger partial charge on any atom is -0.388 e. The molecular formula is C13H17NO2.